The van der Waals surface area contributed by atoms with E-state index in [0.29, 0.717) is 12.2 Å². The summed E-state index contributed by atoms with van der Waals surface area (Å²) in [6.45, 7) is 12.0. The van der Waals surface area contributed by atoms with Crippen molar-refractivity contribution >= 4 is 0 Å². The third-order valence-electron chi connectivity index (χ3n) is 3.28. The number of hydrogen-bond donors (Lipinski definition) is 1. The highest BCUT2D eigenvalue weighted by molar-refractivity contribution is 4.91. The zero-order valence-corrected chi connectivity index (χ0v) is 12.2. The molecule has 1 aliphatic rings. The fraction of sp³-hybridized carbons (Fsp3) is 0.846. The average molecular weight is 267 g/mol. The smallest absolute Gasteiger partial charge is 0.0964 e. The molecular formula is C13H25N5O. The molecule has 0 amide bonds. The van der Waals surface area contributed by atoms with Crippen LogP contribution in [0.25, 0.3) is 0 Å². The van der Waals surface area contributed by atoms with Gasteiger partial charge in [-0.1, -0.05) is 12.1 Å². The molecule has 0 saturated carbocycles. The summed E-state index contributed by atoms with van der Waals surface area (Å²) in [5.74, 6) is 0. The van der Waals surface area contributed by atoms with Gasteiger partial charge in [0.15, 0.2) is 0 Å². The maximum Gasteiger partial charge on any atom is 0.0964 e. The summed E-state index contributed by atoms with van der Waals surface area (Å²) in [7, 11) is 0. The van der Waals surface area contributed by atoms with E-state index in [9.17, 15) is 0 Å². The fourth-order valence-electron chi connectivity index (χ4n) is 2.49. The summed E-state index contributed by atoms with van der Waals surface area (Å²) in [6.07, 6.45) is 2.67. The molecule has 6 nitrogen and oxygen atoms in total. The molecule has 1 N–H and O–H groups in total. The van der Waals surface area contributed by atoms with E-state index in [4.69, 9.17) is 4.74 Å². The highest BCUT2D eigenvalue weighted by Crippen LogP contribution is 2.10. The van der Waals surface area contributed by atoms with Crippen LogP contribution in [-0.2, 0) is 17.8 Å². The Hall–Kier alpha value is -0.980. The van der Waals surface area contributed by atoms with Crippen molar-refractivity contribution in [1.82, 2.24) is 25.2 Å². The van der Waals surface area contributed by atoms with Crippen molar-refractivity contribution in [3.63, 3.8) is 0 Å². The molecule has 1 saturated heterocycles. The third kappa shape index (κ3) is 4.56. The van der Waals surface area contributed by atoms with Gasteiger partial charge < -0.3 is 10.1 Å². The Labute approximate surface area is 115 Å². The zero-order valence-electron chi connectivity index (χ0n) is 12.2. The largest absolute Gasteiger partial charge is 0.373 e. The van der Waals surface area contributed by atoms with Crippen LogP contribution in [0.4, 0.5) is 0 Å². The highest BCUT2D eigenvalue weighted by Gasteiger charge is 2.21. The Balaban J connectivity index is 1.76. The van der Waals surface area contributed by atoms with Crippen LogP contribution < -0.4 is 5.32 Å². The zero-order chi connectivity index (χ0) is 13.7. The Kier molecular flexibility index (Phi) is 5.30. The number of ether oxygens (including phenoxy) is 1. The summed E-state index contributed by atoms with van der Waals surface area (Å²) in [5, 5.41) is 11.6. The van der Waals surface area contributed by atoms with Crippen LogP contribution in [0.15, 0.2) is 6.20 Å². The predicted octanol–water partition coefficient (Wildman–Crippen LogP) is 0.497. The molecule has 19 heavy (non-hydrogen) atoms. The van der Waals surface area contributed by atoms with Crippen LogP contribution in [0.5, 0.6) is 0 Å². The molecule has 0 aliphatic carbocycles. The Bertz CT molecular complexity index is 371. The molecule has 108 valence electrons. The topological polar surface area (TPSA) is 55.2 Å². The van der Waals surface area contributed by atoms with Gasteiger partial charge in [0.25, 0.3) is 0 Å². The van der Waals surface area contributed by atoms with Gasteiger partial charge in [-0.15, -0.1) is 5.10 Å². The first-order valence-electron chi connectivity index (χ1n) is 7.15. The lowest BCUT2D eigenvalue weighted by molar-refractivity contribution is -0.0687. The summed E-state index contributed by atoms with van der Waals surface area (Å²) in [5.41, 5.74) is 1.01. The molecule has 1 aromatic rings. The van der Waals surface area contributed by atoms with Crippen molar-refractivity contribution in [2.75, 3.05) is 26.2 Å². The molecule has 0 spiro atoms. The van der Waals surface area contributed by atoms with Crippen molar-refractivity contribution in [2.45, 2.75) is 46.1 Å². The number of nitrogens with one attached hydrogen (secondary N) is 1. The molecule has 0 unspecified atom stereocenters. The minimum atomic E-state index is 0.323. The molecule has 0 bridgehead atoms. The standard InChI is InChI=1S/C13H25N5O/c1-4-14-7-13-10-18(16-15-13)6-5-17-8-11(2)19-12(3)9-17/h10-12,14H,4-9H2,1-3H3/t11-,12+. The number of hydrogen-bond acceptors (Lipinski definition) is 5. The summed E-state index contributed by atoms with van der Waals surface area (Å²) >= 11 is 0. The second kappa shape index (κ2) is 6.98. The summed E-state index contributed by atoms with van der Waals surface area (Å²) in [4.78, 5) is 2.43. The third-order valence-corrected chi connectivity index (χ3v) is 3.28. The van der Waals surface area contributed by atoms with E-state index >= 15 is 0 Å². The second-order valence-electron chi connectivity index (χ2n) is 5.27. The van der Waals surface area contributed by atoms with Crippen LogP contribution in [0.2, 0.25) is 0 Å². The molecule has 6 heteroatoms. The Morgan fingerprint density at radius 3 is 2.74 bits per heavy atom. The van der Waals surface area contributed by atoms with Gasteiger partial charge in [0, 0.05) is 32.4 Å². The number of morpholine rings is 1. The number of rotatable bonds is 6. The lowest BCUT2D eigenvalue weighted by Crippen LogP contribution is -2.46. The van der Waals surface area contributed by atoms with Crippen molar-refractivity contribution in [3.8, 4) is 0 Å². The van der Waals surface area contributed by atoms with Crippen LogP contribution in [0.1, 0.15) is 26.5 Å². The predicted molar refractivity (Wildman–Crippen MR) is 73.9 cm³/mol. The first-order valence-corrected chi connectivity index (χ1v) is 7.15. The average Bonchev–Trinajstić information content (AvgIpc) is 2.81. The fourth-order valence-corrected chi connectivity index (χ4v) is 2.49. The van der Waals surface area contributed by atoms with Crippen molar-refractivity contribution < 1.29 is 4.74 Å². The number of aromatic nitrogens is 3. The first-order chi connectivity index (χ1) is 9.17. The normalized spacial score (nSPS) is 24.8. The van der Waals surface area contributed by atoms with E-state index in [2.05, 4.69) is 41.3 Å². The molecule has 1 aliphatic heterocycles. The Morgan fingerprint density at radius 2 is 2.05 bits per heavy atom. The van der Waals surface area contributed by atoms with E-state index in [0.717, 1.165) is 45.0 Å². The number of nitrogens with zero attached hydrogens (tertiary/aromatic N) is 4. The lowest BCUT2D eigenvalue weighted by Gasteiger charge is -2.35. The molecular weight excluding hydrogens is 242 g/mol. The van der Waals surface area contributed by atoms with Crippen LogP contribution in [0, 0.1) is 0 Å². The summed E-state index contributed by atoms with van der Waals surface area (Å²) < 4.78 is 7.66. The van der Waals surface area contributed by atoms with E-state index in [1.807, 2.05) is 10.9 Å². The molecule has 2 heterocycles. The SMILES string of the molecule is CCNCc1cn(CCN2C[C@@H](C)O[C@@H](C)C2)nn1. The van der Waals surface area contributed by atoms with Gasteiger partial charge in [0.05, 0.1) is 24.4 Å². The maximum atomic E-state index is 5.73. The minimum absolute atomic E-state index is 0.323. The van der Waals surface area contributed by atoms with Gasteiger partial charge in [-0.05, 0) is 20.4 Å². The Morgan fingerprint density at radius 1 is 1.32 bits per heavy atom. The van der Waals surface area contributed by atoms with E-state index in [-0.39, 0.29) is 0 Å². The van der Waals surface area contributed by atoms with Crippen molar-refractivity contribution in [3.05, 3.63) is 11.9 Å². The van der Waals surface area contributed by atoms with Crippen LogP contribution >= 0.6 is 0 Å². The van der Waals surface area contributed by atoms with Gasteiger partial charge in [-0.3, -0.25) is 9.58 Å². The molecule has 2 rings (SSSR count). The molecule has 1 aromatic heterocycles. The van der Waals surface area contributed by atoms with Crippen molar-refractivity contribution in [1.29, 1.82) is 0 Å². The summed E-state index contributed by atoms with van der Waals surface area (Å²) in [6, 6.07) is 0. The van der Waals surface area contributed by atoms with Gasteiger partial charge in [-0.25, -0.2) is 0 Å². The van der Waals surface area contributed by atoms with Gasteiger partial charge in [-0.2, -0.15) is 0 Å². The van der Waals surface area contributed by atoms with E-state index in [1.54, 1.807) is 0 Å². The minimum Gasteiger partial charge on any atom is -0.373 e. The van der Waals surface area contributed by atoms with E-state index in [1.165, 1.54) is 0 Å². The maximum absolute atomic E-state index is 5.73. The van der Waals surface area contributed by atoms with Crippen molar-refractivity contribution in [2.24, 2.45) is 0 Å². The van der Waals surface area contributed by atoms with Crippen LogP contribution in [0.3, 0.4) is 0 Å². The molecule has 0 radical (unpaired) electrons. The van der Waals surface area contributed by atoms with Gasteiger partial charge in [0.1, 0.15) is 0 Å². The first kappa shape index (κ1) is 14.4. The second-order valence-corrected chi connectivity index (χ2v) is 5.27. The quantitative estimate of drug-likeness (QED) is 0.813. The molecule has 1 fully saturated rings. The highest BCUT2D eigenvalue weighted by atomic mass is 16.5. The molecule has 2 atom stereocenters. The van der Waals surface area contributed by atoms with Gasteiger partial charge in [0.2, 0.25) is 0 Å². The monoisotopic (exact) mass is 267 g/mol. The van der Waals surface area contributed by atoms with Crippen LogP contribution in [-0.4, -0.2) is 58.3 Å². The van der Waals surface area contributed by atoms with E-state index < -0.39 is 0 Å². The lowest BCUT2D eigenvalue weighted by atomic mass is 10.2. The van der Waals surface area contributed by atoms with Gasteiger partial charge >= 0.3 is 0 Å². The molecule has 0 aromatic carbocycles.